The molecule has 6 heteroatoms. The van der Waals surface area contributed by atoms with Gasteiger partial charge >= 0.3 is 0 Å². The van der Waals surface area contributed by atoms with Crippen LogP contribution in [0.3, 0.4) is 0 Å². The minimum atomic E-state index is 0.547. The molecule has 0 bridgehead atoms. The molecular formula is C18H25ClN4O. The lowest BCUT2D eigenvalue weighted by atomic mass is 10.1. The number of hydrogen-bond donors (Lipinski definition) is 0. The molecule has 1 fully saturated rings. The van der Waals surface area contributed by atoms with Crippen LogP contribution in [0.4, 0.5) is 0 Å². The van der Waals surface area contributed by atoms with E-state index in [1.807, 2.05) is 18.2 Å². The van der Waals surface area contributed by atoms with Crippen LogP contribution in [0.5, 0.6) is 0 Å². The maximum atomic E-state index is 6.06. The summed E-state index contributed by atoms with van der Waals surface area (Å²) >= 11 is 6.06. The number of hydrogen-bond acceptors (Lipinski definition) is 5. The van der Waals surface area contributed by atoms with Crippen molar-refractivity contribution in [3.63, 3.8) is 0 Å². The van der Waals surface area contributed by atoms with Crippen LogP contribution in [0.25, 0.3) is 0 Å². The second kappa shape index (κ2) is 8.10. The molecule has 1 saturated heterocycles. The van der Waals surface area contributed by atoms with E-state index >= 15 is 0 Å². The molecule has 0 unspecified atom stereocenters. The van der Waals surface area contributed by atoms with E-state index in [-0.39, 0.29) is 0 Å². The van der Waals surface area contributed by atoms with Gasteiger partial charge in [-0.2, -0.15) is 4.98 Å². The summed E-state index contributed by atoms with van der Waals surface area (Å²) in [6.07, 6.45) is 0.872. The smallest absolute Gasteiger partial charge is 0.240 e. The van der Waals surface area contributed by atoms with Crippen LogP contribution >= 0.6 is 11.6 Å². The number of benzene rings is 1. The van der Waals surface area contributed by atoms with Crippen LogP contribution in [0.1, 0.15) is 31.1 Å². The van der Waals surface area contributed by atoms with E-state index in [4.69, 9.17) is 16.1 Å². The molecular weight excluding hydrogens is 324 g/mol. The van der Waals surface area contributed by atoms with Crippen molar-refractivity contribution in [1.29, 1.82) is 0 Å². The molecule has 1 aliphatic rings. The van der Waals surface area contributed by atoms with E-state index < -0.39 is 0 Å². The summed E-state index contributed by atoms with van der Waals surface area (Å²) in [4.78, 5) is 9.33. The van der Waals surface area contributed by atoms with Crippen LogP contribution in [-0.2, 0) is 19.5 Å². The summed E-state index contributed by atoms with van der Waals surface area (Å²) in [6.45, 7) is 10.1. The topological polar surface area (TPSA) is 45.4 Å². The van der Waals surface area contributed by atoms with E-state index in [1.165, 1.54) is 5.56 Å². The third-order valence-corrected chi connectivity index (χ3v) is 4.46. The summed E-state index contributed by atoms with van der Waals surface area (Å²) < 4.78 is 5.37. The van der Waals surface area contributed by atoms with Crippen molar-refractivity contribution in [3.05, 3.63) is 46.6 Å². The largest absolute Gasteiger partial charge is 0.338 e. The first-order chi connectivity index (χ1) is 11.6. The number of aromatic nitrogens is 2. The Kier molecular flexibility index (Phi) is 5.87. The minimum Gasteiger partial charge on any atom is -0.338 e. The molecule has 0 saturated carbocycles. The minimum absolute atomic E-state index is 0.547. The van der Waals surface area contributed by atoms with Crippen LogP contribution in [0, 0.1) is 5.92 Å². The first-order valence-corrected chi connectivity index (χ1v) is 8.97. The van der Waals surface area contributed by atoms with Crippen LogP contribution in [0.2, 0.25) is 5.02 Å². The standard InChI is InChI=1S/C18H25ClN4O/c1-14(2)10-17-20-18(24-21-17)13-23-8-6-22(7-9-23)12-15-4-3-5-16(19)11-15/h3-5,11,14H,6-10,12-13H2,1-2H3. The number of rotatable bonds is 6. The molecule has 130 valence electrons. The lowest BCUT2D eigenvalue weighted by molar-refractivity contribution is 0.112. The SMILES string of the molecule is CC(C)Cc1noc(CN2CCN(Cc3cccc(Cl)c3)CC2)n1. The van der Waals surface area contributed by atoms with Gasteiger partial charge in [-0.3, -0.25) is 9.80 Å². The molecule has 3 rings (SSSR count). The fourth-order valence-electron chi connectivity index (χ4n) is 2.99. The molecule has 1 aliphatic heterocycles. The average Bonchev–Trinajstić information content (AvgIpc) is 2.95. The van der Waals surface area contributed by atoms with Crippen molar-refractivity contribution in [2.75, 3.05) is 26.2 Å². The van der Waals surface area contributed by atoms with Gasteiger partial charge in [0.15, 0.2) is 5.82 Å². The van der Waals surface area contributed by atoms with Gasteiger partial charge in [0, 0.05) is 44.2 Å². The molecule has 1 aromatic heterocycles. The lowest BCUT2D eigenvalue weighted by Crippen LogP contribution is -2.45. The van der Waals surface area contributed by atoms with Crippen LogP contribution < -0.4 is 0 Å². The van der Waals surface area contributed by atoms with E-state index in [1.54, 1.807) is 0 Å². The van der Waals surface area contributed by atoms with Crippen LogP contribution in [0.15, 0.2) is 28.8 Å². The van der Waals surface area contributed by atoms with Gasteiger partial charge in [-0.1, -0.05) is 42.7 Å². The zero-order chi connectivity index (χ0) is 16.9. The van der Waals surface area contributed by atoms with Gasteiger partial charge in [-0.05, 0) is 23.6 Å². The quantitative estimate of drug-likeness (QED) is 0.802. The van der Waals surface area contributed by atoms with Gasteiger partial charge in [0.2, 0.25) is 5.89 Å². The monoisotopic (exact) mass is 348 g/mol. The molecule has 0 aliphatic carbocycles. The Bertz CT molecular complexity index is 650. The Hall–Kier alpha value is -1.43. The second-order valence-corrected chi connectivity index (χ2v) is 7.32. The first-order valence-electron chi connectivity index (χ1n) is 8.59. The number of halogens is 1. The van der Waals surface area contributed by atoms with Gasteiger partial charge in [0.1, 0.15) is 0 Å². The molecule has 0 spiro atoms. The summed E-state index contributed by atoms with van der Waals surface area (Å²) in [5.74, 6) is 2.10. The summed E-state index contributed by atoms with van der Waals surface area (Å²) in [5, 5.41) is 4.87. The molecule has 2 aromatic rings. The number of nitrogens with zero attached hydrogens (tertiary/aromatic N) is 4. The van der Waals surface area contributed by atoms with Crippen molar-refractivity contribution in [2.45, 2.75) is 33.4 Å². The van der Waals surface area contributed by atoms with Gasteiger partial charge in [-0.15, -0.1) is 0 Å². The van der Waals surface area contributed by atoms with E-state index in [0.717, 1.165) is 62.4 Å². The highest BCUT2D eigenvalue weighted by atomic mass is 35.5. The third-order valence-electron chi connectivity index (χ3n) is 4.22. The van der Waals surface area contributed by atoms with Crippen molar-refractivity contribution in [2.24, 2.45) is 5.92 Å². The maximum absolute atomic E-state index is 6.06. The first kappa shape index (κ1) is 17.4. The van der Waals surface area contributed by atoms with E-state index in [9.17, 15) is 0 Å². The van der Waals surface area contributed by atoms with Crippen molar-refractivity contribution < 1.29 is 4.52 Å². The molecule has 0 atom stereocenters. The zero-order valence-electron chi connectivity index (χ0n) is 14.4. The normalized spacial score (nSPS) is 16.8. The highest BCUT2D eigenvalue weighted by molar-refractivity contribution is 6.30. The summed E-state index contributed by atoms with van der Waals surface area (Å²) in [7, 11) is 0. The van der Waals surface area contributed by atoms with Gasteiger partial charge in [0.05, 0.1) is 6.54 Å². The van der Waals surface area contributed by atoms with Gasteiger partial charge < -0.3 is 4.52 Å². The van der Waals surface area contributed by atoms with Crippen molar-refractivity contribution >= 4 is 11.6 Å². The highest BCUT2D eigenvalue weighted by Crippen LogP contribution is 2.15. The molecule has 2 heterocycles. The molecule has 0 radical (unpaired) electrons. The Morgan fingerprint density at radius 3 is 2.50 bits per heavy atom. The second-order valence-electron chi connectivity index (χ2n) is 6.88. The zero-order valence-corrected chi connectivity index (χ0v) is 15.2. The lowest BCUT2D eigenvalue weighted by Gasteiger charge is -2.33. The molecule has 1 aromatic carbocycles. The van der Waals surface area contributed by atoms with Gasteiger partial charge in [0.25, 0.3) is 0 Å². The molecule has 24 heavy (non-hydrogen) atoms. The van der Waals surface area contributed by atoms with E-state index in [2.05, 4.69) is 39.9 Å². The van der Waals surface area contributed by atoms with Crippen molar-refractivity contribution in [1.82, 2.24) is 19.9 Å². The Morgan fingerprint density at radius 1 is 1.12 bits per heavy atom. The van der Waals surface area contributed by atoms with Crippen molar-refractivity contribution in [3.8, 4) is 0 Å². The average molecular weight is 349 g/mol. The maximum Gasteiger partial charge on any atom is 0.240 e. The third kappa shape index (κ3) is 5.03. The molecule has 0 amide bonds. The van der Waals surface area contributed by atoms with E-state index in [0.29, 0.717) is 5.92 Å². The Morgan fingerprint density at radius 2 is 1.83 bits per heavy atom. The van der Waals surface area contributed by atoms with Crippen LogP contribution in [-0.4, -0.2) is 46.1 Å². The Balaban J connectivity index is 1.46. The summed E-state index contributed by atoms with van der Waals surface area (Å²) in [5.41, 5.74) is 1.27. The predicted molar refractivity (Wildman–Crippen MR) is 94.8 cm³/mol. The Labute approximate surface area is 148 Å². The number of piperazine rings is 1. The fourth-order valence-corrected chi connectivity index (χ4v) is 3.21. The highest BCUT2D eigenvalue weighted by Gasteiger charge is 2.19. The van der Waals surface area contributed by atoms with Gasteiger partial charge in [-0.25, -0.2) is 0 Å². The molecule has 5 nitrogen and oxygen atoms in total. The molecule has 0 N–H and O–H groups in total. The predicted octanol–water partition coefficient (Wildman–Crippen LogP) is 3.24. The summed E-state index contributed by atoms with van der Waals surface area (Å²) in [6, 6.07) is 8.11. The fraction of sp³-hybridized carbons (Fsp3) is 0.556.